The van der Waals surface area contributed by atoms with Crippen molar-refractivity contribution in [1.82, 2.24) is 10.6 Å². The number of hydrogen-bond acceptors (Lipinski definition) is 8. The summed E-state index contributed by atoms with van der Waals surface area (Å²) < 4.78 is 10.6. The first-order chi connectivity index (χ1) is 17.5. The molecule has 0 spiro atoms. The van der Waals surface area contributed by atoms with E-state index >= 15 is 0 Å². The van der Waals surface area contributed by atoms with Crippen LogP contribution in [0.3, 0.4) is 0 Å². The van der Waals surface area contributed by atoms with Crippen molar-refractivity contribution in [3.05, 3.63) is 64.5 Å². The molecule has 0 saturated heterocycles. The van der Waals surface area contributed by atoms with Crippen LogP contribution in [0, 0.1) is 0 Å². The van der Waals surface area contributed by atoms with Crippen LogP contribution in [0.5, 0.6) is 0 Å². The maximum absolute atomic E-state index is 12.3. The molecule has 36 heavy (non-hydrogen) atoms. The van der Waals surface area contributed by atoms with E-state index in [2.05, 4.69) is 30.9 Å². The number of carbonyl (C=O) groups excluding carboxylic acids is 2. The number of carbonyl (C=O) groups is 2. The molecule has 0 aliphatic carbocycles. The summed E-state index contributed by atoms with van der Waals surface area (Å²) in [5.41, 5.74) is 11.1. The zero-order chi connectivity index (χ0) is 26.0. The summed E-state index contributed by atoms with van der Waals surface area (Å²) in [6.07, 6.45) is 0.576. The average molecular weight is 497 g/mol. The number of azide groups is 1. The van der Waals surface area contributed by atoms with Crippen molar-refractivity contribution in [3.63, 3.8) is 0 Å². The van der Waals surface area contributed by atoms with Gasteiger partial charge in [0, 0.05) is 49.9 Å². The van der Waals surface area contributed by atoms with E-state index in [4.69, 9.17) is 15.0 Å². The Kier molecular flexibility index (Phi) is 13.0. The molecule has 2 N–H and O–H groups in total. The normalized spacial score (nSPS) is 10.6. The number of nitrogens with one attached hydrogen (secondary N) is 2. The smallest absolute Gasteiger partial charge is 0.251 e. The maximum Gasteiger partial charge on any atom is 0.251 e. The van der Waals surface area contributed by atoms with Gasteiger partial charge in [0.2, 0.25) is 5.91 Å². The second kappa shape index (κ2) is 16.6. The summed E-state index contributed by atoms with van der Waals surface area (Å²) in [5.74, 6) is -0.455. The van der Waals surface area contributed by atoms with Gasteiger partial charge in [-0.15, -0.1) is 0 Å². The third-order valence-electron chi connectivity index (χ3n) is 4.73. The molecule has 0 saturated carbocycles. The quantitative estimate of drug-likeness (QED) is 0.157. The predicted octanol–water partition coefficient (Wildman–Crippen LogP) is 3.75. The Morgan fingerprint density at radius 3 is 2.17 bits per heavy atom. The molecule has 2 aromatic rings. The number of amides is 2. The molecular weight excluding hydrogens is 464 g/mol. The molecule has 2 aromatic carbocycles. The molecule has 12 heteroatoms. The minimum atomic E-state index is -0.241. The van der Waals surface area contributed by atoms with Crippen LogP contribution in [0.15, 0.2) is 63.9 Å². The van der Waals surface area contributed by atoms with Gasteiger partial charge in [-0.3, -0.25) is 9.59 Å². The molecule has 0 aliphatic rings. The standard InChI is InChI=1S/C24H32N8O4/c1-32(2)22-10-8-21(9-11-22)30-29-20-6-4-19(5-7-20)24(34)27-14-15-35-16-17-36-18-23(33)26-12-3-13-28-31-25/h4-11H,3,12-18H2,1-2H3,(H,26,33)(H,27,34). The van der Waals surface area contributed by atoms with Crippen molar-refractivity contribution in [1.29, 1.82) is 0 Å². The lowest BCUT2D eigenvalue weighted by molar-refractivity contribution is -0.126. The van der Waals surface area contributed by atoms with Gasteiger partial charge in [0.1, 0.15) is 6.61 Å². The van der Waals surface area contributed by atoms with E-state index in [1.807, 2.05) is 43.3 Å². The van der Waals surface area contributed by atoms with Gasteiger partial charge >= 0.3 is 0 Å². The monoisotopic (exact) mass is 496 g/mol. The van der Waals surface area contributed by atoms with Gasteiger partial charge in [-0.05, 0) is 60.5 Å². The zero-order valence-electron chi connectivity index (χ0n) is 20.6. The highest BCUT2D eigenvalue weighted by molar-refractivity contribution is 5.94. The van der Waals surface area contributed by atoms with E-state index in [0.717, 1.165) is 11.4 Å². The molecule has 0 atom stereocenters. The van der Waals surface area contributed by atoms with Crippen molar-refractivity contribution < 1.29 is 19.1 Å². The van der Waals surface area contributed by atoms with Crippen molar-refractivity contribution in [2.24, 2.45) is 15.3 Å². The first-order valence-corrected chi connectivity index (χ1v) is 11.5. The Hall–Kier alpha value is -3.99. The third kappa shape index (κ3) is 11.4. The van der Waals surface area contributed by atoms with Crippen molar-refractivity contribution in [2.45, 2.75) is 6.42 Å². The minimum Gasteiger partial charge on any atom is -0.378 e. The highest BCUT2D eigenvalue weighted by atomic mass is 16.5. The van der Waals surface area contributed by atoms with E-state index in [9.17, 15) is 9.59 Å². The van der Waals surface area contributed by atoms with E-state index < -0.39 is 0 Å². The number of anilines is 1. The molecule has 2 rings (SSSR count). The molecule has 0 radical (unpaired) electrons. The van der Waals surface area contributed by atoms with E-state index in [1.165, 1.54) is 0 Å². The lowest BCUT2D eigenvalue weighted by atomic mass is 10.2. The highest BCUT2D eigenvalue weighted by Crippen LogP contribution is 2.21. The largest absolute Gasteiger partial charge is 0.378 e. The van der Waals surface area contributed by atoms with Crippen LogP contribution in [-0.4, -0.2) is 72.0 Å². The molecule has 0 unspecified atom stereocenters. The van der Waals surface area contributed by atoms with E-state index in [0.29, 0.717) is 50.5 Å². The Bertz CT molecular complexity index is 1020. The second-order valence-electron chi connectivity index (χ2n) is 7.74. The number of azo groups is 1. The molecular formula is C24H32N8O4. The second-order valence-corrected chi connectivity index (χ2v) is 7.74. The Morgan fingerprint density at radius 2 is 1.53 bits per heavy atom. The number of rotatable bonds is 16. The first-order valence-electron chi connectivity index (χ1n) is 11.5. The Morgan fingerprint density at radius 1 is 0.889 bits per heavy atom. The van der Waals surface area contributed by atoms with Crippen LogP contribution < -0.4 is 15.5 Å². The first kappa shape index (κ1) is 28.2. The Labute approximate surface area is 210 Å². The van der Waals surface area contributed by atoms with Crippen LogP contribution in [0.4, 0.5) is 17.1 Å². The molecule has 0 aliphatic heterocycles. The van der Waals surface area contributed by atoms with E-state index in [-0.39, 0.29) is 25.0 Å². The molecule has 0 bridgehead atoms. The summed E-state index contributed by atoms with van der Waals surface area (Å²) in [5, 5.41) is 17.2. The van der Waals surface area contributed by atoms with Gasteiger partial charge in [0.15, 0.2) is 0 Å². The number of ether oxygens (including phenoxy) is 2. The van der Waals surface area contributed by atoms with Gasteiger partial charge in [-0.25, -0.2) is 0 Å². The van der Waals surface area contributed by atoms with Crippen LogP contribution in [0.25, 0.3) is 10.4 Å². The van der Waals surface area contributed by atoms with Gasteiger partial charge in [0.25, 0.3) is 5.91 Å². The lowest BCUT2D eigenvalue weighted by Gasteiger charge is -2.11. The van der Waals surface area contributed by atoms with Crippen LogP contribution in [-0.2, 0) is 14.3 Å². The third-order valence-corrected chi connectivity index (χ3v) is 4.73. The van der Waals surface area contributed by atoms with Gasteiger partial charge in [-0.1, -0.05) is 5.11 Å². The summed E-state index contributed by atoms with van der Waals surface area (Å²) in [4.78, 5) is 28.4. The molecule has 0 heterocycles. The SMILES string of the molecule is CN(C)c1ccc(N=Nc2ccc(C(=O)NCCOCCOCC(=O)NCCCN=[N+]=[N-])cc2)cc1. The van der Waals surface area contributed by atoms with Crippen molar-refractivity contribution in [2.75, 3.05) is 65.1 Å². The maximum atomic E-state index is 12.3. The molecule has 12 nitrogen and oxygen atoms in total. The summed E-state index contributed by atoms with van der Waals surface area (Å²) >= 11 is 0. The lowest BCUT2D eigenvalue weighted by Crippen LogP contribution is -2.29. The fourth-order valence-electron chi connectivity index (χ4n) is 2.81. The Balaban J connectivity index is 1.56. The number of nitrogens with zero attached hydrogens (tertiary/aromatic N) is 6. The minimum absolute atomic E-state index is 0.0695. The number of hydrogen-bond donors (Lipinski definition) is 2. The summed E-state index contributed by atoms with van der Waals surface area (Å²) in [7, 11) is 3.95. The van der Waals surface area contributed by atoms with Crippen LogP contribution >= 0.6 is 0 Å². The molecule has 2 amide bonds. The topological polar surface area (TPSA) is 153 Å². The molecule has 0 fully saturated rings. The zero-order valence-corrected chi connectivity index (χ0v) is 20.6. The fourth-order valence-corrected chi connectivity index (χ4v) is 2.81. The summed E-state index contributed by atoms with van der Waals surface area (Å²) in [6, 6.07) is 14.6. The predicted molar refractivity (Wildman–Crippen MR) is 137 cm³/mol. The molecule has 192 valence electrons. The molecule has 0 aromatic heterocycles. The van der Waals surface area contributed by atoms with Gasteiger partial charge in [0.05, 0.1) is 31.2 Å². The van der Waals surface area contributed by atoms with Crippen molar-refractivity contribution >= 4 is 28.9 Å². The summed E-state index contributed by atoms with van der Waals surface area (Å²) in [6.45, 7) is 1.92. The fraction of sp³-hybridized carbons (Fsp3) is 0.417. The van der Waals surface area contributed by atoms with E-state index in [1.54, 1.807) is 24.3 Å². The van der Waals surface area contributed by atoms with Crippen molar-refractivity contribution in [3.8, 4) is 0 Å². The average Bonchev–Trinajstić information content (AvgIpc) is 2.89. The van der Waals surface area contributed by atoms with Gasteiger partial charge in [-0.2, -0.15) is 10.2 Å². The van der Waals surface area contributed by atoms with Gasteiger partial charge < -0.3 is 25.0 Å². The number of benzene rings is 2. The van der Waals surface area contributed by atoms with Crippen LogP contribution in [0.2, 0.25) is 0 Å². The highest BCUT2D eigenvalue weighted by Gasteiger charge is 2.05. The van der Waals surface area contributed by atoms with Crippen LogP contribution in [0.1, 0.15) is 16.8 Å².